The molecule has 1 aromatic rings. The van der Waals surface area contributed by atoms with Crippen LogP contribution in [0, 0.1) is 6.92 Å². The Labute approximate surface area is 111 Å². The van der Waals surface area contributed by atoms with Gasteiger partial charge in [0.25, 0.3) is 0 Å². The molecule has 2 rings (SSSR count). The molecule has 1 aliphatic heterocycles. The summed E-state index contributed by atoms with van der Waals surface area (Å²) in [4.78, 5) is 0. The summed E-state index contributed by atoms with van der Waals surface area (Å²) in [6.45, 7) is 3.10. The highest BCUT2D eigenvalue weighted by molar-refractivity contribution is 5.22. The fourth-order valence-corrected chi connectivity index (χ4v) is 2.62. The van der Waals surface area contributed by atoms with Crippen molar-refractivity contribution in [3.63, 3.8) is 0 Å². The van der Waals surface area contributed by atoms with Crippen LogP contribution in [0.1, 0.15) is 36.8 Å². The predicted octanol–water partition coefficient (Wildman–Crippen LogP) is 3.08. The molecule has 0 aromatic heterocycles. The van der Waals surface area contributed by atoms with Crippen LogP contribution in [-0.2, 0) is 11.2 Å². The Morgan fingerprint density at radius 3 is 2.72 bits per heavy atom. The van der Waals surface area contributed by atoms with Crippen LogP contribution in [0.5, 0.6) is 0 Å². The standard InChI is InChI=1S/C16H25NO/c1-13-5-7-14(8-6-13)12-15(17-2)9-10-16-4-3-11-18-16/h5-8,15-17H,3-4,9-12H2,1-2H3. The molecule has 1 saturated heterocycles. The topological polar surface area (TPSA) is 21.3 Å². The lowest BCUT2D eigenvalue weighted by Gasteiger charge is -2.18. The summed E-state index contributed by atoms with van der Waals surface area (Å²) in [5.74, 6) is 0. The summed E-state index contributed by atoms with van der Waals surface area (Å²) in [5.41, 5.74) is 2.76. The lowest BCUT2D eigenvalue weighted by molar-refractivity contribution is 0.0998. The largest absolute Gasteiger partial charge is 0.378 e. The molecule has 1 aliphatic rings. The first-order valence-corrected chi connectivity index (χ1v) is 7.12. The fourth-order valence-electron chi connectivity index (χ4n) is 2.62. The van der Waals surface area contributed by atoms with Crippen molar-refractivity contribution >= 4 is 0 Å². The van der Waals surface area contributed by atoms with Crippen molar-refractivity contribution in [2.24, 2.45) is 0 Å². The molecule has 1 N–H and O–H groups in total. The van der Waals surface area contributed by atoms with Gasteiger partial charge in [-0.05, 0) is 51.6 Å². The minimum atomic E-state index is 0.513. The zero-order chi connectivity index (χ0) is 12.8. The maximum atomic E-state index is 5.69. The number of ether oxygens (including phenoxy) is 1. The zero-order valence-corrected chi connectivity index (χ0v) is 11.6. The Kier molecular flexibility index (Phi) is 5.21. The van der Waals surface area contributed by atoms with E-state index in [0.717, 1.165) is 13.0 Å². The Balaban J connectivity index is 1.79. The van der Waals surface area contributed by atoms with Crippen molar-refractivity contribution in [1.29, 1.82) is 0 Å². The summed E-state index contributed by atoms with van der Waals surface area (Å²) in [5, 5.41) is 3.43. The average molecular weight is 247 g/mol. The van der Waals surface area contributed by atoms with Crippen LogP contribution < -0.4 is 5.32 Å². The molecule has 1 fully saturated rings. The summed E-state index contributed by atoms with van der Waals surface area (Å²) < 4.78 is 5.69. The molecular formula is C16H25NO. The van der Waals surface area contributed by atoms with Crippen LogP contribution in [0.4, 0.5) is 0 Å². The molecule has 2 atom stereocenters. The summed E-state index contributed by atoms with van der Waals surface area (Å²) in [6.07, 6.45) is 6.52. The quantitative estimate of drug-likeness (QED) is 0.834. The minimum Gasteiger partial charge on any atom is -0.378 e. The second-order valence-electron chi connectivity index (χ2n) is 5.39. The lowest BCUT2D eigenvalue weighted by Crippen LogP contribution is -2.28. The molecule has 1 aromatic carbocycles. The van der Waals surface area contributed by atoms with Gasteiger partial charge in [0.1, 0.15) is 0 Å². The van der Waals surface area contributed by atoms with Crippen LogP contribution in [0.25, 0.3) is 0 Å². The third-order valence-electron chi connectivity index (χ3n) is 3.87. The van der Waals surface area contributed by atoms with Crippen molar-refractivity contribution in [3.8, 4) is 0 Å². The maximum Gasteiger partial charge on any atom is 0.0576 e. The van der Waals surface area contributed by atoms with Crippen molar-refractivity contribution in [3.05, 3.63) is 35.4 Å². The molecule has 0 bridgehead atoms. The Bertz CT molecular complexity index is 341. The molecule has 2 unspecified atom stereocenters. The van der Waals surface area contributed by atoms with Gasteiger partial charge in [0, 0.05) is 12.6 Å². The second-order valence-corrected chi connectivity index (χ2v) is 5.39. The van der Waals surface area contributed by atoms with E-state index < -0.39 is 0 Å². The second kappa shape index (κ2) is 6.91. The van der Waals surface area contributed by atoms with Gasteiger partial charge in [-0.3, -0.25) is 0 Å². The zero-order valence-electron chi connectivity index (χ0n) is 11.6. The van der Waals surface area contributed by atoms with E-state index in [1.54, 1.807) is 0 Å². The number of hydrogen-bond donors (Lipinski definition) is 1. The SMILES string of the molecule is CNC(CCC1CCCO1)Cc1ccc(C)cc1. The van der Waals surface area contributed by atoms with Gasteiger partial charge in [0.15, 0.2) is 0 Å². The number of aryl methyl sites for hydroxylation is 1. The van der Waals surface area contributed by atoms with E-state index in [1.807, 2.05) is 0 Å². The van der Waals surface area contributed by atoms with E-state index in [1.165, 1.54) is 36.8 Å². The van der Waals surface area contributed by atoms with Gasteiger partial charge in [0.2, 0.25) is 0 Å². The Morgan fingerprint density at radius 2 is 2.11 bits per heavy atom. The molecular weight excluding hydrogens is 222 g/mol. The predicted molar refractivity (Wildman–Crippen MR) is 75.9 cm³/mol. The van der Waals surface area contributed by atoms with Crippen molar-refractivity contribution in [2.75, 3.05) is 13.7 Å². The van der Waals surface area contributed by atoms with Crippen LogP contribution >= 0.6 is 0 Å². The smallest absolute Gasteiger partial charge is 0.0576 e. The summed E-state index contributed by atoms with van der Waals surface area (Å²) >= 11 is 0. The molecule has 2 nitrogen and oxygen atoms in total. The van der Waals surface area contributed by atoms with E-state index in [9.17, 15) is 0 Å². The third kappa shape index (κ3) is 4.11. The van der Waals surface area contributed by atoms with E-state index in [2.05, 4.69) is 43.6 Å². The van der Waals surface area contributed by atoms with Crippen molar-refractivity contribution in [2.45, 2.75) is 51.2 Å². The van der Waals surface area contributed by atoms with E-state index in [4.69, 9.17) is 4.74 Å². The van der Waals surface area contributed by atoms with E-state index in [0.29, 0.717) is 12.1 Å². The number of nitrogens with one attached hydrogen (secondary N) is 1. The van der Waals surface area contributed by atoms with Crippen molar-refractivity contribution in [1.82, 2.24) is 5.32 Å². The first-order valence-electron chi connectivity index (χ1n) is 7.12. The summed E-state index contributed by atoms with van der Waals surface area (Å²) in [6, 6.07) is 9.44. The van der Waals surface area contributed by atoms with E-state index in [-0.39, 0.29) is 0 Å². The molecule has 2 heteroatoms. The number of hydrogen-bond acceptors (Lipinski definition) is 2. The normalized spacial score (nSPS) is 21.1. The minimum absolute atomic E-state index is 0.513. The van der Waals surface area contributed by atoms with Gasteiger partial charge in [-0.1, -0.05) is 29.8 Å². The van der Waals surface area contributed by atoms with Gasteiger partial charge in [0.05, 0.1) is 6.10 Å². The number of rotatable bonds is 6. The van der Waals surface area contributed by atoms with Crippen molar-refractivity contribution < 1.29 is 4.74 Å². The van der Waals surface area contributed by atoms with Gasteiger partial charge in [-0.15, -0.1) is 0 Å². The van der Waals surface area contributed by atoms with Crippen LogP contribution in [0.2, 0.25) is 0 Å². The number of benzene rings is 1. The fraction of sp³-hybridized carbons (Fsp3) is 0.625. The van der Waals surface area contributed by atoms with Gasteiger partial charge >= 0.3 is 0 Å². The molecule has 1 heterocycles. The molecule has 0 saturated carbocycles. The maximum absolute atomic E-state index is 5.69. The van der Waals surface area contributed by atoms with Crippen LogP contribution in [0.3, 0.4) is 0 Å². The molecule has 0 spiro atoms. The molecule has 18 heavy (non-hydrogen) atoms. The Hall–Kier alpha value is -0.860. The van der Waals surface area contributed by atoms with Gasteiger partial charge < -0.3 is 10.1 Å². The average Bonchev–Trinajstić information content (AvgIpc) is 2.90. The van der Waals surface area contributed by atoms with Crippen LogP contribution in [0.15, 0.2) is 24.3 Å². The van der Waals surface area contributed by atoms with E-state index >= 15 is 0 Å². The van der Waals surface area contributed by atoms with Crippen LogP contribution in [-0.4, -0.2) is 25.8 Å². The number of likely N-dealkylation sites (N-methyl/N-ethyl adjacent to an activating group) is 1. The third-order valence-corrected chi connectivity index (χ3v) is 3.87. The monoisotopic (exact) mass is 247 g/mol. The molecule has 0 amide bonds. The molecule has 0 aliphatic carbocycles. The molecule has 0 radical (unpaired) electrons. The highest BCUT2D eigenvalue weighted by atomic mass is 16.5. The highest BCUT2D eigenvalue weighted by Crippen LogP contribution is 2.19. The summed E-state index contributed by atoms with van der Waals surface area (Å²) in [7, 11) is 2.06. The van der Waals surface area contributed by atoms with Gasteiger partial charge in [-0.25, -0.2) is 0 Å². The first-order chi connectivity index (χ1) is 8.78. The van der Waals surface area contributed by atoms with Gasteiger partial charge in [-0.2, -0.15) is 0 Å². The Morgan fingerprint density at radius 1 is 1.33 bits per heavy atom. The highest BCUT2D eigenvalue weighted by Gasteiger charge is 2.17. The first kappa shape index (κ1) is 13.6. The lowest BCUT2D eigenvalue weighted by atomic mass is 9.99. The molecule has 100 valence electrons.